The Bertz CT molecular complexity index is 722. The number of amides is 1. The molecular formula is C23H35N5O. The van der Waals surface area contributed by atoms with Gasteiger partial charge < -0.3 is 21.3 Å². The van der Waals surface area contributed by atoms with E-state index in [1.807, 2.05) is 0 Å². The van der Waals surface area contributed by atoms with Gasteiger partial charge in [0.25, 0.3) is 0 Å². The first-order chi connectivity index (χ1) is 14.2. The van der Waals surface area contributed by atoms with Gasteiger partial charge in [-0.2, -0.15) is 0 Å². The van der Waals surface area contributed by atoms with E-state index >= 15 is 0 Å². The zero-order chi connectivity index (χ0) is 19.8. The van der Waals surface area contributed by atoms with Crippen LogP contribution in [-0.4, -0.2) is 67.7 Å². The summed E-state index contributed by atoms with van der Waals surface area (Å²) < 4.78 is 0. The van der Waals surface area contributed by atoms with Gasteiger partial charge in [-0.25, -0.2) is 0 Å². The monoisotopic (exact) mass is 397 g/mol. The lowest BCUT2D eigenvalue weighted by molar-refractivity contribution is -0.124. The lowest BCUT2D eigenvalue weighted by Gasteiger charge is -2.38. The summed E-state index contributed by atoms with van der Waals surface area (Å²) in [6.07, 6.45) is 7.03. The largest absolute Gasteiger partial charge is 0.369 e. The fourth-order valence-corrected chi connectivity index (χ4v) is 5.99. The van der Waals surface area contributed by atoms with Crippen molar-refractivity contribution in [3.63, 3.8) is 0 Å². The maximum atomic E-state index is 12.7. The summed E-state index contributed by atoms with van der Waals surface area (Å²) in [5.74, 6) is 0.650. The van der Waals surface area contributed by atoms with Crippen LogP contribution in [0.1, 0.15) is 37.7 Å². The predicted octanol–water partition coefficient (Wildman–Crippen LogP) is 1.10. The first kappa shape index (κ1) is 19.3. The van der Waals surface area contributed by atoms with Gasteiger partial charge in [-0.1, -0.05) is 12.1 Å². The smallest absolute Gasteiger partial charge is 0.237 e. The number of nitrogens with one attached hydrogen (secondary N) is 2. The number of rotatable bonds is 6. The van der Waals surface area contributed by atoms with Gasteiger partial charge >= 0.3 is 0 Å². The SMILES string of the molecule is NC[C@H](Cc1ccc(N2CCN3CCCC3C2)cc1)NC(=O)C1NC2CCC1C2. The zero-order valence-electron chi connectivity index (χ0n) is 17.4. The van der Waals surface area contributed by atoms with Crippen LogP contribution in [0.4, 0.5) is 5.69 Å². The predicted molar refractivity (Wildman–Crippen MR) is 116 cm³/mol. The van der Waals surface area contributed by atoms with Crippen LogP contribution in [0.5, 0.6) is 0 Å². The Hall–Kier alpha value is -1.63. The Morgan fingerprint density at radius 2 is 2.03 bits per heavy atom. The van der Waals surface area contributed by atoms with Crippen molar-refractivity contribution in [3.8, 4) is 0 Å². The van der Waals surface area contributed by atoms with Gasteiger partial charge in [-0.05, 0) is 68.7 Å². The molecule has 1 aromatic rings. The second kappa shape index (κ2) is 8.25. The molecular weight excluding hydrogens is 362 g/mol. The van der Waals surface area contributed by atoms with E-state index in [1.165, 1.54) is 50.0 Å². The average molecular weight is 398 g/mol. The molecule has 1 aliphatic carbocycles. The molecule has 0 radical (unpaired) electrons. The minimum atomic E-state index is -0.0144. The summed E-state index contributed by atoms with van der Waals surface area (Å²) in [6, 6.07) is 10.2. The Kier molecular flexibility index (Phi) is 5.50. The summed E-state index contributed by atoms with van der Waals surface area (Å²) >= 11 is 0. The molecule has 1 amide bonds. The van der Waals surface area contributed by atoms with E-state index in [2.05, 4.69) is 44.7 Å². The molecule has 4 fully saturated rings. The van der Waals surface area contributed by atoms with Crippen molar-refractivity contribution in [1.29, 1.82) is 0 Å². The lowest BCUT2D eigenvalue weighted by atomic mass is 9.98. The highest BCUT2D eigenvalue weighted by Gasteiger charge is 2.42. The summed E-state index contributed by atoms with van der Waals surface area (Å²) in [5.41, 5.74) is 8.55. The molecule has 4 N–H and O–H groups in total. The molecule has 3 saturated heterocycles. The van der Waals surface area contributed by atoms with Gasteiger partial charge in [-0.15, -0.1) is 0 Å². The highest BCUT2D eigenvalue weighted by Crippen LogP contribution is 2.35. The van der Waals surface area contributed by atoms with Crippen molar-refractivity contribution >= 4 is 11.6 Å². The third-order valence-electron chi connectivity index (χ3n) is 7.64. The maximum Gasteiger partial charge on any atom is 0.237 e. The van der Waals surface area contributed by atoms with Crippen LogP contribution >= 0.6 is 0 Å². The molecule has 1 aromatic carbocycles. The van der Waals surface area contributed by atoms with Gasteiger partial charge in [0.2, 0.25) is 5.91 Å². The van der Waals surface area contributed by atoms with Crippen molar-refractivity contribution < 1.29 is 4.79 Å². The number of piperazine rings is 1. The van der Waals surface area contributed by atoms with Gasteiger partial charge in [0.15, 0.2) is 0 Å². The molecule has 4 unspecified atom stereocenters. The molecule has 5 rings (SSSR count). The van der Waals surface area contributed by atoms with E-state index in [0.717, 1.165) is 32.0 Å². The topological polar surface area (TPSA) is 73.6 Å². The number of hydrogen-bond acceptors (Lipinski definition) is 5. The minimum Gasteiger partial charge on any atom is -0.369 e. The van der Waals surface area contributed by atoms with Crippen LogP contribution in [0, 0.1) is 5.92 Å². The summed E-state index contributed by atoms with van der Waals surface area (Å²) in [7, 11) is 0. The second-order valence-electron chi connectivity index (χ2n) is 9.50. The summed E-state index contributed by atoms with van der Waals surface area (Å²) in [5, 5.41) is 6.68. The minimum absolute atomic E-state index is 0.00342. The van der Waals surface area contributed by atoms with Gasteiger partial charge in [-0.3, -0.25) is 9.69 Å². The van der Waals surface area contributed by atoms with Crippen molar-refractivity contribution in [1.82, 2.24) is 15.5 Å². The molecule has 3 aliphatic heterocycles. The first-order valence-corrected chi connectivity index (χ1v) is 11.5. The number of carbonyl (C=O) groups excluding carboxylic acids is 1. The molecule has 1 saturated carbocycles. The number of benzene rings is 1. The number of nitrogens with zero attached hydrogens (tertiary/aromatic N) is 2. The van der Waals surface area contributed by atoms with E-state index < -0.39 is 0 Å². The van der Waals surface area contributed by atoms with Crippen LogP contribution in [0.2, 0.25) is 0 Å². The van der Waals surface area contributed by atoms with Gasteiger partial charge in [0.05, 0.1) is 6.04 Å². The molecule has 6 nitrogen and oxygen atoms in total. The van der Waals surface area contributed by atoms with E-state index in [-0.39, 0.29) is 18.0 Å². The van der Waals surface area contributed by atoms with Crippen LogP contribution in [0.25, 0.3) is 0 Å². The zero-order valence-corrected chi connectivity index (χ0v) is 17.4. The van der Waals surface area contributed by atoms with Crippen molar-refractivity contribution in [2.45, 2.75) is 62.7 Å². The summed E-state index contributed by atoms with van der Waals surface area (Å²) in [6.45, 7) is 5.20. The lowest BCUT2D eigenvalue weighted by Crippen LogP contribution is -2.52. The molecule has 29 heavy (non-hydrogen) atoms. The average Bonchev–Trinajstić information content (AvgIpc) is 3.50. The highest BCUT2D eigenvalue weighted by molar-refractivity contribution is 5.83. The van der Waals surface area contributed by atoms with Crippen molar-refractivity contribution in [3.05, 3.63) is 29.8 Å². The Morgan fingerprint density at radius 1 is 1.17 bits per heavy atom. The van der Waals surface area contributed by atoms with Crippen LogP contribution in [0.3, 0.4) is 0 Å². The first-order valence-electron chi connectivity index (χ1n) is 11.5. The highest BCUT2D eigenvalue weighted by atomic mass is 16.2. The van der Waals surface area contributed by atoms with Crippen LogP contribution in [0.15, 0.2) is 24.3 Å². The van der Waals surface area contributed by atoms with E-state index in [1.54, 1.807) is 0 Å². The molecule has 0 spiro atoms. The third-order valence-corrected chi connectivity index (χ3v) is 7.64. The fourth-order valence-electron chi connectivity index (χ4n) is 5.99. The standard InChI is InChI=1S/C23H35N5O/c24-14-19(26-23(29)22-17-5-6-18(13-17)25-22)12-16-3-7-20(8-4-16)28-11-10-27-9-1-2-21(27)15-28/h3-4,7-8,17-19,21-22,25H,1-2,5-6,9-15,24H2,(H,26,29)/t17?,18?,19-,21?,22?/m0/s1. The van der Waals surface area contributed by atoms with E-state index in [9.17, 15) is 4.79 Å². The molecule has 158 valence electrons. The maximum absolute atomic E-state index is 12.7. The molecule has 0 aromatic heterocycles. The second-order valence-corrected chi connectivity index (χ2v) is 9.50. The van der Waals surface area contributed by atoms with Crippen LogP contribution in [-0.2, 0) is 11.2 Å². The van der Waals surface area contributed by atoms with Gasteiger partial charge in [0.1, 0.15) is 0 Å². The Labute approximate surface area is 174 Å². The molecule has 3 heterocycles. The molecule has 5 atom stereocenters. The number of hydrogen-bond donors (Lipinski definition) is 3. The number of nitrogens with two attached hydrogens (primary N) is 1. The molecule has 2 bridgehead atoms. The number of piperidine rings is 1. The fraction of sp³-hybridized carbons (Fsp3) is 0.696. The summed E-state index contributed by atoms with van der Waals surface area (Å²) in [4.78, 5) is 17.9. The quantitative estimate of drug-likeness (QED) is 0.670. The van der Waals surface area contributed by atoms with Crippen LogP contribution < -0.4 is 21.3 Å². The normalized spacial score (nSPS) is 32.4. The molecule has 4 aliphatic rings. The number of fused-ring (bicyclic) bond motifs is 3. The Balaban J connectivity index is 1.16. The van der Waals surface area contributed by atoms with Crippen molar-refractivity contribution in [2.24, 2.45) is 11.7 Å². The van der Waals surface area contributed by atoms with E-state index in [0.29, 0.717) is 18.5 Å². The van der Waals surface area contributed by atoms with Crippen molar-refractivity contribution in [2.75, 3.05) is 37.6 Å². The van der Waals surface area contributed by atoms with Gasteiger partial charge in [0, 0.05) is 50.0 Å². The van der Waals surface area contributed by atoms with E-state index in [4.69, 9.17) is 5.73 Å². The number of carbonyl (C=O) groups is 1. The number of anilines is 1. The molecule has 6 heteroatoms. The Morgan fingerprint density at radius 3 is 2.76 bits per heavy atom. The third kappa shape index (κ3) is 4.03.